The second-order valence-corrected chi connectivity index (χ2v) is 5.62. The van der Waals surface area contributed by atoms with Crippen LogP contribution in [0.2, 0.25) is 0 Å². The molecule has 1 aliphatic rings. The van der Waals surface area contributed by atoms with Gasteiger partial charge < -0.3 is 14.5 Å². The van der Waals surface area contributed by atoms with Crippen LogP contribution in [0, 0.1) is 0 Å². The lowest BCUT2D eigenvalue weighted by molar-refractivity contribution is 0.0933. The van der Waals surface area contributed by atoms with Gasteiger partial charge in [-0.1, -0.05) is 6.07 Å². The standard InChI is InChI=1S/C18H15N3O3/c22-18(13-3-4-23-10-13)21-9-16-6-14-5-12(1-2-17(14)24-16)15-7-19-11-20-8-15/h1-5,7-8,10-11,16H,6,9H2,(H,21,22). The van der Waals surface area contributed by atoms with Crippen LogP contribution in [0.25, 0.3) is 11.1 Å². The first-order valence-electron chi connectivity index (χ1n) is 7.65. The van der Waals surface area contributed by atoms with Gasteiger partial charge in [-0.3, -0.25) is 4.79 Å². The molecule has 1 atom stereocenters. The Kier molecular flexibility index (Phi) is 3.70. The highest BCUT2D eigenvalue weighted by Gasteiger charge is 2.24. The van der Waals surface area contributed by atoms with Gasteiger partial charge in [0.15, 0.2) is 0 Å². The van der Waals surface area contributed by atoms with Gasteiger partial charge in [0.1, 0.15) is 24.4 Å². The molecule has 120 valence electrons. The molecule has 0 saturated carbocycles. The van der Waals surface area contributed by atoms with Gasteiger partial charge in [0.25, 0.3) is 5.91 Å². The summed E-state index contributed by atoms with van der Waals surface area (Å²) >= 11 is 0. The van der Waals surface area contributed by atoms with E-state index >= 15 is 0 Å². The Morgan fingerprint density at radius 3 is 2.88 bits per heavy atom. The maximum absolute atomic E-state index is 11.9. The molecule has 0 fully saturated rings. The molecule has 24 heavy (non-hydrogen) atoms. The van der Waals surface area contributed by atoms with Crippen LogP contribution in [0.15, 0.2) is 59.9 Å². The SMILES string of the molecule is O=C(NCC1Cc2cc(-c3cncnc3)ccc2O1)c1ccoc1. The Bertz CT molecular complexity index is 847. The molecule has 6 heteroatoms. The first-order valence-corrected chi connectivity index (χ1v) is 7.65. The average Bonchev–Trinajstić information content (AvgIpc) is 3.29. The van der Waals surface area contributed by atoms with Crippen molar-refractivity contribution in [3.05, 3.63) is 66.6 Å². The van der Waals surface area contributed by atoms with Gasteiger partial charge in [0, 0.05) is 24.4 Å². The molecule has 1 aliphatic heterocycles. The van der Waals surface area contributed by atoms with E-state index in [9.17, 15) is 4.79 Å². The summed E-state index contributed by atoms with van der Waals surface area (Å²) in [6, 6.07) is 7.67. The summed E-state index contributed by atoms with van der Waals surface area (Å²) in [6.07, 6.45) is 8.67. The highest BCUT2D eigenvalue weighted by Crippen LogP contribution is 2.32. The fraction of sp³-hybridized carbons (Fsp3) is 0.167. The van der Waals surface area contributed by atoms with Crippen molar-refractivity contribution in [1.29, 1.82) is 0 Å². The molecule has 1 unspecified atom stereocenters. The molecule has 3 heterocycles. The van der Waals surface area contributed by atoms with Crippen molar-refractivity contribution in [3.8, 4) is 16.9 Å². The molecule has 1 N–H and O–H groups in total. The number of rotatable bonds is 4. The minimum atomic E-state index is -0.162. The quantitative estimate of drug-likeness (QED) is 0.799. The molecule has 1 amide bonds. The van der Waals surface area contributed by atoms with Gasteiger partial charge in [-0.25, -0.2) is 9.97 Å². The van der Waals surface area contributed by atoms with Gasteiger partial charge >= 0.3 is 0 Å². The number of benzene rings is 1. The third kappa shape index (κ3) is 2.86. The molecule has 0 aliphatic carbocycles. The van der Waals surface area contributed by atoms with Gasteiger partial charge in [-0.2, -0.15) is 0 Å². The number of carbonyl (C=O) groups is 1. The summed E-state index contributed by atoms with van der Waals surface area (Å²) < 4.78 is 10.8. The number of ether oxygens (including phenoxy) is 1. The van der Waals surface area contributed by atoms with Gasteiger partial charge in [0.2, 0.25) is 0 Å². The Hall–Kier alpha value is -3.15. The second-order valence-electron chi connectivity index (χ2n) is 5.62. The summed E-state index contributed by atoms with van der Waals surface area (Å²) in [5, 5.41) is 2.86. The number of nitrogens with one attached hydrogen (secondary N) is 1. The lowest BCUT2D eigenvalue weighted by Crippen LogP contribution is -2.34. The monoisotopic (exact) mass is 321 g/mol. The van der Waals surface area contributed by atoms with E-state index in [-0.39, 0.29) is 12.0 Å². The summed E-state index contributed by atoms with van der Waals surface area (Å²) in [4.78, 5) is 20.0. The van der Waals surface area contributed by atoms with Crippen molar-refractivity contribution < 1.29 is 13.9 Å². The Morgan fingerprint density at radius 2 is 2.08 bits per heavy atom. The normalized spacial score (nSPS) is 15.6. The fourth-order valence-electron chi connectivity index (χ4n) is 2.76. The van der Waals surface area contributed by atoms with Crippen LogP contribution in [0.1, 0.15) is 15.9 Å². The van der Waals surface area contributed by atoms with E-state index in [1.54, 1.807) is 18.5 Å². The van der Waals surface area contributed by atoms with E-state index in [0.29, 0.717) is 12.1 Å². The summed E-state index contributed by atoms with van der Waals surface area (Å²) in [6.45, 7) is 0.447. The number of amides is 1. The minimum Gasteiger partial charge on any atom is -0.488 e. The molecule has 4 rings (SSSR count). The van der Waals surface area contributed by atoms with E-state index < -0.39 is 0 Å². The lowest BCUT2D eigenvalue weighted by atomic mass is 10.0. The third-order valence-electron chi connectivity index (χ3n) is 3.97. The highest BCUT2D eigenvalue weighted by atomic mass is 16.5. The van der Waals surface area contributed by atoms with E-state index in [1.165, 1.54) is 18.9 Å². The van der Waals surface area contributed by atoms with Crippen molar-refractivity contribution in [2.45, 2.75) is 12.5 Å². The maximum atomic E-state index is 11.9. The zero-order valence-corrected chi connectivity index (χ0v) is 12.8. The minimum absolute atomic E-state index is 0.0712. The molecule has 0 bridgehead atoms. The van der Waals surface area contributed by atoms with Crippen molar-refractivity contribution >= 4 is 5.91 Å². The first-order chi connectivity index (χ1) is 11.8. The van der Waals surface area contributed by atoms with Gasteiger partial charge in [0.05, 0.1) is 18.4 Å². The lowest BCUT2D eigenvalue weighted by Gasteiger charge is -2.11. The molecular formula is C18H15N3O3. The number of carbonyl (C=O) groups excluding carboxylic acids is 1. The molecule has 0 radical (unpaired) electrons. The molecule has 1 aromatic carbocycles. The number of hydrogen-bond donors (Lipinski definition) is 1. The van der Waals surface area contributed by atoms with E-state index in [2.05, 4.69) is 21.4 Å². The average molecular weight is 321 g/mol. The van der Waals surface area contributed by atoms with Crippen LogP contribution in [0.5, 0.6) is 5.75 Å². The topological polar surface area (TPSA) is 77.2 Å². The number of fused-ring (bicyclic) bond motifs is 1. The molecule has 0 saturated heterocycles. The molecular weight excluding hydrogens is 306 g/mol. The van der Waals surface area contributed by atoms with Crippen LogP contribution < -0.4 is 10.1 Å². The summed E-state index contributed by atoms with van der Waals surface area (Å²) in [5.74, 6) is 0.698. The Labute approximate surface area is 138 Å². The molecule has 3 aromatic rings. The highest BCUT2D eigenvalue weighted by molar-refractivity contribution is 5.93. The first kappa shape index (κ1) is 14.4. The van der Waals surface area contributed by atoms with Crippen molar-refractivity contribution in [2.75, 3.05) is 6.54 Å². The molecule has 6 nitrogen and oxygen atoms in total. The van der Waals surface area contributed by atoms with Crippen LogP contribution in [0.4, 0.5) is 0 Å². The zero-order chi connectivity index (χ0) is 16.4. The van der Waals surface area contributed by atoms with E-state index in [0.717, 1.165) is 28.9 Å². The van der Waals surface area contributed by atoms with Gasteiger partial charge in [-0.05, 0) is 29.3 Å². The van der Waals surface area contributed by atoms with Crippen molar-refractivity contribution in [2.24, 2.45) is 0 Å². The van der Waals surface area contributed by atoms with Crippen LogP contribution in [-0.2, 0) is 6.42 Å². The summed E-state index contributed by atoms with van der Waals surface area (Å²) in [5.41, 5.74) is 3.66. The zero-order valence-electron chi connectivity index (χ0n) is 12.8. The largest absolute Gasteiger partial charge is 0.488 e. The van der Waals surface area contributed by atoms with Crippen LogP contribution in [-0.4, -0.2) is 28.5 Å². The number of hydrogen-bond acceptors (Lipinski definition) is 5. The van der Waals surface area contributed by atoms with E-state index in [4.69, 9.17) is 9.15 Å². The number of furan rings is 1. The van der Waals surface area contributed by atoms with E-state index in [1.807, 2.05) is 12.1 Å². The number of aromatic nitrogens is 2. The fourth-order valence-corrected chi connectivity index (χ4v) is 2.76. The maximum Gasteiger partial charge on any atom is 0.254 e. The Balaban J connectivity index is 1.42. The van der Waals surface area contributed by atoms with Crippen molar-refractivity contribution in [1.82, 2.24) is 15.3 Å². The third-order valence-corrected chi connectivity index (χ3v) is 3.97. The van der Waals surface area contributed by atoms with Crippen LogP contribution in [0.3, 0.4) is 0 Å². The number of nitrogens with zero attached hydrogens (tertiary/aromatic N) is 2. The molecule has 0 spiro atoms. The molecule has 2 aromatic heterocycles. The predicted octanol–water partition coefficient (Wildman–Crippen LogP) is 2.47. The Morgan fingerprint density at radius 1 is 1.21 bits per heavy atom. The van der Waals surface area contributed by atoms with Gasteiger partial charge in [-0.15, -0.1) is 0 Å². The second kappa shape index (κ2) is 6.16. The smallest absolute Gasteiger partial charge is 0.254 e. The predicted molar refractivity (Wildman–Crippen MR) is 86.6 cm³/mol. The van der Waals surface area contributed by atoms with Crippen LogP contribution >= 0.6 is 0 Å². The summed E-state index contributed by atoms with van der Waals surface area (Å²) in [7, 11) is 0. The van der Waals surface area contributed by atoms with Crippen molar-refractivity contribution in [3.63, 3.8) is 0 Å².